The van der Waals surface area contributed by atoms with Crippen LogP contribution in [0.1, 0.15) is 38.2 Å². The topological polar surface area (TPSA) is 75.0 Å². The monoisotopic (exact) mass is 369 g/mol. The molecule has 1 aliphatic rings. The van der Waals surface area contributed by atoms with Gasteiger partial charge >= 0.3 is 0 Å². The average Bonchev–Trinajstić information content (AvgIpc) is 2.67. The number of hydrogen-bond donors (Lipinski definition) is 1. The standard InChI is InChI=1S/C20H23N3O2S/c1-13-5-3-4-6-17(13)22-19(24)12-26-20-15(11-21)9-14-10-16(25-2)7-8-18(14)23-20/h7-10,13,17H,3-6,12H2,1-2H3,(H,22,24)/t13-,17-/m1/s1. The van der Waals surface area contributed by atoms with Crippen LogP contribution in [0.4, 0.5) is 0 Å². The van der Waals surface area contributed by atoms with Crippen LogP contribution in [-0.2, 0) is 4.79 Å². The second-order valence-electron chi connectivity index (χ2n) is 6.74. The molecule has 26 heavy (non-hydrogen) atoms. The fourth-order valence-electron chi connectivity index (χ4n) is 3.37. The first-order valence-electron chi connectivity index (χ1n) is 8.91. The Morgan fingerprint density at radius 3 is 2.92 bits per heavy atom. The van der Waals surface area contributed by atoms with Crippen molar-refractivity contribution in [2.24, 2.45) is 5.92 Å². The number of carbonyl (C=O) groups is 1. The number of amides is 1. The number of carbonyl (C=O) groups excluding carboxylic acids is 1. The maximum atomic E-state index is 12.3. The quantitative estimate of drug-likeness (QED) is 0.809. The van der Waals surface area contributed by atoms with Crippen molar-refractivity contribution < 1.29 is 9.53 Å². The lowest BCUT2D eigenvalue weighted by Gasteiger charge is -2.29. The van der Waals surface area contributed by atoms with E-state index in [-0.39, 0.29) is 17.7 Å². The Labute approximate surface area is 158 Å². The lowest BCUT2D eigenvalue weighted by molar-refractivity contribution is -0.119. The summed E-state index contributed by atoms with van der Waals surface area (Å²) in [6.45, 7) is 2.20. The summed E-state index contributed by atoms with van der Waals surface area (Å²) in [5.41, 5.74) is 1.27. The van der Waals surface area contributed by atoms with Gasteiger partial charge in [-0.25, -0.2) is 4.98 Å². The molecule has 0 radical (unpaired) electrons. The van der Waals surface area contributed by atoms with E-state index in [0.717, 1.165) is 23.1 Å². The molecule has 136 valence electrons. The van der Waals surface area contributed by atoms with Crippen LogP contribution in [0.3, 0.4) is 0 Å². The van der Waals surface area contributed by atoms with Gasteiger partial charge in [0.05, 0.1) is 23.9 Å². The number of nitrogens with zero attached hydrogens (tertiary/aromatic N) is 2. The Hall–Kier alpha value is -2.26. The molecule has 0 spiro atoms. The van der Waals surface area contributed by atoms with E-state index in [4.69, 9.17) is 4.74 Å². The second-order valence-corrected chi connectivity index (χ2v) is 7.70. The van der Waals surface area contributed by atoms with Crippen LogP contribution in [0.5, 0.6) is 5.75 Å². The van der Waals surface area contributed by atoms with Crippen molar-refractivity contribution in [1.29, 1.82) is 5.26 Å². The van der Waals surface area contributed by atoms with E-state index in [1.807, 2.05) is 18.2 Å². The summed E-state index contributed by atoms with van der Waals surface area (Å²) in [4.78, 5) is 16.9. The summed E-state index contributed by atoms with van der Waals surface area (Å²) >= 11 is 1.32. The molecule has 1 fully saturated rings. The van der Waals surface area contributed by atoms with Crippen LogP contribution in [0, 0.1) is 17.2 Å². The number of methoxy groups -OCH3 is 1. The molecule has 3 rings (SSSR count). The van der Waals surface area contributed by atoms with Crippen molar-refractivity contribution in [3.8, 4) is 11.8 Å². The van der Waals surface area contributed by atoms with Crippen molar-refractivity contribution >= 4 is 28.6 Å². The fraction of sp³-hybridized carbons (Fsp3) is 0.450. The first-order chi connectivity index (χ1) is 12.6. The zero-order chi connectivity index (χ0) is 18.5. The number of aromatic nitrogens is 1. The molecule has 0 bridgehead atoms. The molecule has 0 aliphatic heterocycles. The Morgan fingerprint density at radius 2 is 2.19 bits per heavy atom. The predicted molar refractivity (Wildman–Crippen MR) is 103 cm³/mol. The zero-order valence-corrected chi connectivity index (χ0v) is 15.9. The highest BCUT2D eigenvalue weighted by Gasteiger charge is 2.23. The summed E-state index contributed by atoms with van der Waals surface area (Å²) in [5.74, 6) is 1.53. The molecule has 1 saturated carbocycles. The first kappa shape index (κ1) is 18.5. The molecule has 1 aromatic carbocycles. The Balaban J connectivity index is 1.69. The molecule has 6 heteroatoms. The third-order valence-corrected chi connectivity index (χ3v) is 5.90. The van der Waals surface area contributed by atoms with Gasteiger partial charge in [-0.15, -0.1) is 0 Å². The molecule has 1 amide bonds. The zero-order valence-electron chi connectivity index (χ0n) is 15.1. The molecule has 2 atom stereocenters. The number of benzene rings is 1. The molecule has 5 nitrogen and oxygen atoms in total. The van der Waals surface area contributed by atoms with Gasteiger partial charge in [-0.2, -0.15) is 5.26 Å². The van der Waals surface area contributed by atoms with E-state index in [1.165, 1.54) is 31.0 Å². The summed E-state index contributed by atoms with van der Waals surface area (Å²) in [6.07, 6.45) is 4.65. The van der Waals surface area contributed by atoms with Crippen LogP contribution in [0.15, 0.2) is 29.3 Å². The number of nitrogens with one attached hydrogen (secondary N) is 1. The van der Waals surface area contributed by atoms with E-state index in [0.29, 0.717) is 16.5 Å². The van der Waals surface area contributed by atoms with Crippen molar-refractivity contribution in [1.82, 2.24) is 10.3 Å². The Kier molecular flexibility index (Phi) is 6.00. The lowest BCUT2D eigenvalue weighted by atomic mass is 9.86. The second kappa shape index (κ2) is 8.41. The van der Waals surface area contributed by atoms with Gasteiger partial charge in [0.1, 0.15) is 16.8 Å². The number of hydrogen-bond acceptors (Lipinski definition) is 5. The maximum absolute atomic E-state index is 12.3. The summed E-state index contributed by atoms with van der Waals surface area (Å²) in [5, 5.41) is 14.0. The van der Waals surface area contributed by atoms with Gasteiger partial charge in [0.2, 0.25) is 5.91 Å². The van der Waals surface area contributed by atoms with Crippen LogP contribution in [0.2, 0.25) is 0 Å². The highest BCUT2D eigenvalue weighted by Crippen LogP contribution is 2.27. The number of thioether (sulfide) groups is 1. The molecule has 0 unspecified atom stereocenters. The third kappa shape index (κ3) is 4.28. The highest BCUT2D eigenvalue weighted by molar-refractivity contribution is 8.00. The summed E-state index contributed by atoms with van der Waals surface area (Å²) in [6, 6.07) is 9.81. The van der Waals surface area contributed by atoms with Crippen molar-refractivity contribution in [3.05, 3.63) is 29.8 Å². The molecular weight excluding hydrogens is 346 g/mol. The van der Waals surface area contributed by atoms with Crippen LogP contribution in [-0.4, -0.2) is 29.8 Å². The lowest BCUT2D eigenvalue weighted by Crippen LogP contribution is -2.41. The normalized spacial score (nSPS) is 19.7. The van der Waals surface area contributed by atoms with Crippen molar-refractivity contribution in [3.63, 3.8) is 0 Å². The predicted octanol–water partition coefficient (Wildman–Crippen LogP) is 3.90. The minimum Gasteiger partial charge on any atom is -0.497 e. The number of ether oxygens (including phenoxy) is 1. The van der Waals surface area contributed by atoms with E-state index >= 15 is 0 Å². The van der Waals surface area contributed by atoms with E-state index < -0.39 is 0 Å². The first-order valence-corrected chi connectivity index (χ1v) is 9.90. The molecule has 1 aliphatic carbocycles. The molecule has 1 N–H and O–H groups in total. The minimum atomic E-state index is 0.00858. The van der Waals surface area contributed by atoms with Gasteiger partial charge in [0.15, 0.2) is 0 Å². The van der Waals surface area contributed by atoms with Crippen LogP contribution < -0.4 is 10.1 Å². The van der Waals surface area contributed by atoms with E-state index in [1.54, 1.807) is 13.2 Å². The van der Waals surface area contributed by atoms with Crippen LogP contribution in [0.25, 0.3) is 10.9 Å². The number of nitriles is 1. The van der Waals surface area contributed by atoms with Crippen LogP contribution >= 0.6 is 11.8 Å². The Morgan fingerprint density at radius 1 is 1.38 bits per heavy atom. The maximum Gasteiger partial charge on any atom is 0.230 e. The van der Waals surface area contributed by atoms with E-state index in [9.17, 15) is 10.1 Å². The summed E-state index contributed by atoms with van der Waals surface area (Å²) in [7, 11) is 1.61. The molecular formula is C20H23N3O2S. The van der Waals surface area contributed by atoms with Gasteiger partial charge in [-0.05, 0) is 43.0 Å². The van der Waals surface area contributed by atoms with Gasteiger partial charge in [-0.3, -0.25) is 4.79 Å². The van der Waals surface area contributed by atoms with Gasteiger partial charge in [0.25, 0.3) is 0 Å². The average molecular weight is 369 g/mol. The largest absolute Gasteiger partial charge is 0.497 e. The third-order valence-electron chi connectivity index (χ3n) is 4.91. The van der Waals surface area contributed by atoms with Gasteiger partial charge in [-0.1, -0.05) is 31.5 Å². The minimum absolute atomic E-state index is 0.00858. The van der Waals surface area contributed by atoms with Gasteiger partial charge in [0, 0.05) is 11.4 Å². The fourth-order valence-corrected chi connectivity index (χ4v) is 4.14. The molecule has 2 aromatic rings. The Bertz CT molecular complexity index is 847. The smallest absolute Gasteiger partial charge is 0.230 e. The summed E-state index contributed by atoms with van der Waals surface area (Å²) < 4.78 is 5.22. The molecule has 1 heterocycles. The highest BCUT2D eigenvalue weighted by atomic mass is 32.2. The van der Waals surface area contributed by atoms with E-state index in [2.05, 4.69) is 23.3 Å². The molecule has 1 aromatic heterocycles. The van der Waals surface area contributed by atoms with Crippen molar-refractivity contribution in [2.75, 3.05) is 12.9 Å². The van der Waals surface area contributed by atoms with Crippen molar-refractivity contribution in [2.45, 2.75) is 43.7 Å². The SMILES string of the molecule is COc1ccc2nc(SCC(=O)N[C@@H]3CCCC[C@H]3C)c(C#N)cc2c1. The number of rotatable bonds is 5. The number of fused-ring (bicyclic) bond motifs is 1. The number of pyridine rings is 1. The molecule has 0 saturated heterocycles. The van der Waals surface area contributed by atoms with Gasteiger partial charge < -0.3 is 10.1 Å².